The van der Waals surface area contributed by atoms with Gasteiger partial charge in [-0.1, -0.05) is 60.7 Å². The van der Waals surface area contributed by atoms with Crippen LogP contribution in [-0.4, -0.2) is 50.0 Å². The molecule has 218 valence electrons. The molecule has 1 unspecified atom stereocenters. The molecule has 0 spiro atoms. The molecule has 0 bridgehead atoms. The average Bonchev–Trinajstić information content (AvgIpc) is 3.01. The van der Waals surface area contributed by atoms with Crippen molar-refractivity contribution >= 4 is 27.5 Å². The molecular formula is C31H30FN3O6S. The van der Waals surface area contributed by atoms with Crippen molar-refractivity contribution in [2.24, 2.45) is 0 Å². The number of halogens is 1. The van der Waals surface area contributed by atoms with E-state index in [0.29, 0.717) is 5.56 Å². The number of hydrogen-bond acceptors (Lipinski definition) is 6. The van der Waals surface area contributed by atoms with Gasteiger partial charge in [0.05, 0.1) is 11.5 Å². The van der Waals surface area contributed by atoms with E-state index >= 15 is 0 Å². The molecule has 9 nitrogen and oxygen atoms in total. The SMILES string of the molecule is O=C(NCCO)C(c1ccccc1)N(Cc1ccccc1)C(=O)COc1ccc(S(=O)(=O)Nc2ccc(F)cc2)cc1. The zero-order valence-corrected chi connectivity index (χ0v) is 23.3. The highest BCUT2D eigenvalue weighted by molar-refractivity contribution is 7.92. The van der Waals surface area contributed by atoms with Crippen molar-refractivity contribution in [3.05, 3.63) is 126 Å². The Morgan fingerprint density at radius 1 is 0.857 bits per heavy atom. The number of aliphatic hydroxyl groups is 1. The minimum absolute atomic E-state index is 0.0251. The van der Waals surface area contributed by atoms with Crippen LogP contribution in [0.5, 0.6) is 5.75 Å². The fourth-order valence-corrected chi connectivity index (χ4v) is 5.22. The number of hydrogen-bond donors (Lipinski definition) is 3. The molecule has 4 aromatic rings. The van der Waals surface area contributed by atoms with Gasteiger partial charge in [-0.05, 0) is 59.7 Å². The van der Waals surface area contributed by atoms with E-state index in [1.807, 2.05) is 30.3 Å². The number of benzene rings is 4. The summed E-state index contributed by atoms with van der Waals surface area (Å²) in [6.45, 7) is -0.545. The Bertz CT molecular complexity index is 1570. The number of rotatable bonds is 13. The number of carbonyl (C=O) groups is 2. The van der Waals surface area contributed by atoms with E-state index in [4.69, 9.17) is 4.74 Å². The Hall–Kier alpha value is -4.74. The third kappa shape index (κ3) is 8.15. The van der Waals surface area contributed by atoms with Crippen LogP contribution in [0, 0.1) is 5.82 Å². The minimum atomic E-state index is -3.95. The summed E-state index contributed by atoms with van der Waals surface area (Å²) in [6, 6.07) is 27.4. The van der Waals surface area contributed by atoms with Crippen LogP contribution in [0.4, 0.5) is 10.1 Å². The highest BCUT2D eigenvalue weighted by Crippen LogP contribution is 2.25. The standard InChI is InChI=1S/C31H30FN3O6S/c32-25-11-13-26(14-12-25)34-42(39,40)28-17-15-27(16-18-28)41-22-29(37)35(21-23-7-3-1-4-8-23)30(31(38)33-19-20-36)24-9-5-2-6-10-24/h1-18,30,34,36H,19-22H2,(H,33,38). The van der Waals surface area contributed by atoms with E-state index in [-0.39, 0.29) is 36.0 Å². The Balaban J connectivity index is 1.52. The van der Waals surface area contributed by atoms with Gasteiger partial charge < -0.3 is 20.1 Å². The summed E-state index contributed by atoms with van der Waals surface area (Å²) in [5, 5.41) is 11.9. The van der Waals surface area contributed by atoms with Gasteiger partial charge in [-0.2, -0.15) is 0 Å². The highest BCUT2D eigenvalue weighted by Gasteiger charge is 2.31. The lowest BCUT2D eigenvalue weighted by molar-refractivity contribution is -0.143. The maximum absolute atomic E-state index is 13.6. The van der Waals surface area contributed by atoms with Crippen LogP contribution in [-0.2, 0) is 26.2 Å². The third-order valence-electron chi connectivity index (χ3n) is 6.20. The third-order valence-corrected chi connectivity index (χ3v) is 7.59. The fourth-order valence-electron chi connectivity index (χ4n) is 4.16. The molecule has 3 N–H and O–H groups in total. The van der Waals surface area contributed by atoms with Crippen LogP contribution in [0.2, 0.25) is 0 Å². The Morgan fingerprint density at radius 2 is 1.48 bits per heavy atom. The quantitative estimate of drug-likeness (QED) is 0.217. The summed E-state index contributed by atoms with van der Waals surface area (Å²) in [4.78, 5) is 28.2. The van der Waals surface area contributed by atoms with Crippen molar-refractivity contribution in [2.75, 3.05) is 24.5 Å². The molecule has 4 rings (SSSR count). The van der Waals surface area contributed by atoms with Crippen molar-refractivity contribution in [3.8, 4) is 5.75 Å². The van der Waals surface area contributed by atoms with Gasteiger partial charge in [-0.15, -0.1) is 0 Å². The number of amides is 2. The maximum Gasteiger partial charge on any atom is 0.261 e. The lowest BCUT2D eigenvalue weighted by Gasteiger charge is -2.31. The Morgan fingerprint density at radius 3 is 2.10 bits per heavy atom. The topological polar surface area (TPSA) is 125 Å². The molecule has 0 aromatic heterocycles. The Labute approximate surface area is 243 Å². The number of sulfonamides is 1. The van der Waals surface area contributed by atoms with Gasteiger partial charge in [0.2, 0.25) is 5.91 Å². The second-order valence-electron chi connectivity index (χ2n) is 9.21. The van der Waals surface area contributed by atoms with Gasteiger partial charge in [-0.3, -0.25) is 14.3 Å². The normalized spacial score (nSPS) is 11.8. The van der Waals surface area contributed by atoms with E-state index in [1.165, 1.54) is 41.3 Å². The largest absolute Gasteiger partial charge is 0.484 e. The van der Waals surface area contributed by atoms with Gasteiger partial charge in [0.15, 0.2) is 6.61 Å². The first kappa shape index (κ1) is 30.2. The first-order valence-corrected chi connectivity index (χ1v) is 14.5. The molecule has 0 aliphatic rings. The molecule has 0 fully saturated rings. The second-order valence-corrected chi connectivity index (χ2v) is 10.9. The van der Waals surface area contributed by atoms with Gasteiger partial charge in [0, 0.05) is 18.8 Å². The second kappa shape index (κ2) is 14.2. The summed E-state index contributed by atoms with van der Waals surface area (Å²) in [7, 11) is -3.95. The number of nitrogens with one attached hydrogen (secondary N) is 2. The van der Waals surface area contributed by atoms with Crippen LogP contribution in [0.1, 0.15) is 17.2 Å². The fraction of sp³-hybridized carbons (Fsp3) is 0.161. The zero-order valence-electron chi connectivity index (χ0n) is 22.5. The van der Waals surface area contributed by atoms with E-state index in [1.54, 1.807) is 30.3 Å². The van der Waals surface area contributed by atoms with Crippen LogP contribution in [0.3, 0.4) is 0 Å². The number of carbonyl (C=O) groups excluding carboxylic acids is 2. The summed E-state index contributed by atoms with van der Waals surface area (Å²) >= 11 is 0. The van der Waals surface area contributed by atoms with Gasteiger partial charge >= 0.3 is 0 Å². The van der Waals surface area contributed by atoms with Gasteiger partial charge in [-0.25, -0.2) is 12.8 Å². The van der Waals surface area contributed by atoms with Crippen molar-refractivity contribution in [1.82, 2.24) is 10.2 Å². The summed E-state index contributed by atoms with van der Waals surface area (Å²) in [5.41, 5.74) is 1.59. The van der Waals surface area contributed by atoms with Crippen molar-refractivity contribution in [1.29, 1.82) is 0 Å². The molecule has 4 aromatic carbocycles. The number of anilines is 1. The molecule has 42 heavy (non-hydrogen) atoms. The molecule has 0 saturated heterocycles. The Kier molecular flexibility index (Phi) is 10.2. The van der Waals surface area contributed by atoms with Gasteiger partial charge in [0.25, 0.3) is 15.9 Å². The van der Waals surface area contributed by atoms with Crippen LogP contribution in [0.15, 0.2) is 114 Å². The smallest absolute Gasteiger partial charge is 0.261 e. The molecule has 2 amide bonds. The molecule has 0 heterocycles. The predicted molar refractivity (Wildman–Crippen MR) is 155 cm³/mol. The summed E-state index contributed by atoms with van der Waals surface area (Å²) in [6.07, 6.45) is 0. The van der Waals surface area contributed by atoms with Crippen LogP contribution < -0.4 is 14.8 Å². The summed E-state index contributed by atoms with van der Waals surface area (Å²) in [5.74, 6) is -1.19. The highest BCUT2D eigenvalue weighted by atomic mass is 32.2. The monoisotopic (exact) mass is 591 g/mol. The average molecular weight is 592 g/mol. The van der Waals surface area contributed by atoms with Crippen molar-refractivity contribution in [3.63, 3.8) is 0 Å². The summed E-state index contributed by atoms with van der Waals surface area (Å²) < 4.78 is 46.7. The lowest BCUT2D eigenvalue weighted by Crippen LogP contribution is -2.45. The molecule has 1 atom stereocenters. The van der Waals surface area contributed by atoms with Crippen LogP contribution >= 0.6 is 0 Å². The van der Waals surface area contributed by atoms with E-state index in [0.717, 1.165) is 17.7 Å². The van der Waals surface area contributed by atoms with Crippen molar-refractivity contribution in [2.45, 2.75) is 17.5 Å². The molecule has 11 heteroatoms. The molecule has 0 aliphatic carbocycles. The first-order valence-electron chi connectivity index (χ1n) is 13.0. The predicted octanol–water partition coefficient (Wildman–Crippen LogP) is 3.88. The molecule has 0 saturated carbocycles. The van der Waals surface area contributed by atoms with E-state index in [2.05, 4.69) is 10.0 Å². The van der Waals surface area contributed by atoms with E-state index in [9.17, 15) is 27.5 Å². The lowest BCUT2D eigenvalue weighted by atomic mass is 10.0. The number of ether oxygens (including phenoxy) is 1. The number of nitrogens with zero attached hydrogens (tertiary/aromatic N) is 1. The van der Waals surface area contributed by atoms with Crippen molar-refractivity contribution < 1.29 is 32.2 Å². The van der Waals surface area contributed by atoms with Crippen LogP contribution in [0.25, 0.3) is 0 Å². The number of aliphatic hydroxyl groups excluding tert-OH is 1. The van der Waals surface area contributed by atoms with E-state index < -0.39 is 40.3 Å². The molecule has 0 aliphatic heterocycles. The molecular weight excluding hydrogens is 561 g/mol. The first-order chi connectivity index (χ1) is 20.3. The minimum Gasteiger partial charge on any atom is -0.484 e. The zero-order chi connectivity index (χ0) is 30.0. The molecule has 0 radical (unpaired) electrons. The maximum atomic E-state index is 13.6. The van der Waals surface area contributed by atoms with Gasteiger partial charge in [0.1, 0.15) is 17.6 Å².